The lowest BCUT2D eigenvalue weighted by Crippen LogP contribution is -2.28. The van der Waals surface area contributed by atoms with Gasteiger partial charge in [-0.15, -0.1) is 0 Å². The molecule has 2 aromatic rings. The second-order valence-corrected chi connectivity index (χ2v) is 5.45. The highest BCUT2D eigenvalue weighted by Crippen LogP contribution is 2.35. The van der Waals surface area contributed by atoms with Crippen LogP contribution < -0.4 is 5.73 Å². The highest BCUT2D eigenvalue weighted by Gasteiger charge is 2.22. The van der Waals surface area contributed by atoms with E-state index in [4.69, 9.17) is 28.9 Å². The zero-order chi connectivity index (χ0) is 14.7. The molecule has 0 saturated carbocycles. The Labute approximate surface area is 127 Å². The lowest BCUT2D eigenvalue weighted by molar-refractivity contribution is 0.144. The summed E-state index contributed by atoms with van der Waals surface area (Å²) in [5.41, 5.74) is 7.30. The van der Waals surface area contributed by atoms with Crippen molar-refractivity contribution in [1.29, 1.82) is 0 Å². The zero-order valence-corrected chi connectivity index (χ0v) is 12.1. The van der Waals surface area contributed by atoms with E-state index >= 15 is 0 Å². The van der Waals surface area contributed by atoms with Crippen molar-refractivity contribution in [3.05, 3.63) is 63.6 Å². The van der Waals surface area contributed by atoms with Crippen LogP contribution in [-0.4, -0.2) is 16.3 Å². The van der Waals surface area contributed by atoms with E-state index in [1.165, 1.54) is 12.1 Å². The number of phenols is 1. The monoisotopic (exact) mass is 311 g/mol. The molecule has 0 unspecified atom stereocenters. The van der Waals surface area contributed by atoms with Crippen LogP contribution in [0.2, 0.25) is 10.0 Å². The molecule has 0 aliphatic carbocycles. The summed E-state index contributed by atoms with van der Waals surface area (Å²) in [6.45, 7) is 0. The number of hydrogen-bond acceptors (Lipinski definition) is 3. The SMILES string of the molecule is N[C@H](c1cc(Cl)cc(Cl)c1O)[C@@H](O)Cc1ccccc1. The van der Waals surface area contributed by atoms with E-state index in [1.54, 1.807) is 0 Å². The predicted octanol–water partition coefficient (Wildman–Crippen LogP) is 3.30. The fourth-order valence-electron chi connectivity index (χ4n) is 2.03. The zero-order valence-electron chi connectivity index (χ0n) is 10.6. The second kappa shape index (κ2) is 6.46. The average molecular weight is 312 g/mol. The molecule has 0 radical (unpaired) electrons. The van der Waals surface area contributed by atoms with E-state index in [2.05, 4.69) is 0 Å². The average Bonchev–Trinajstić information content (AvgIpc) is 2.43. The molecule has 5 heteroatoms. The Kier molecular flexibility index (Phi) is 4.89. The minimum Gasteiger partial charge on any atom is -0.506 e. The molecule has 3 nitrogen and oxygen atoms in total. The number of aliphatic hydroxyl groups excluding tert-OH is 1. The van der Waals surface area contributed by atoms with Crippen LogP contribution in [0.4, 0.5) is 0 Å². The van der Waals surface area contributed by atoms with Crippen molar-refractivity contribution in [2.24, 2.45) is 5.73 Å². The van der Waals surface area contributed by atoms with Gasteiger partial charge in [-0.1, -0.05) is 53.5 Å². The van der Waals surface area contributed by atoms with Gasteiger partial charge in [0.1, 0.15) is 5.75 Å². The van der Waals surface area contributed by atoms with Crippen molar-refractivity contribution in [1.82, 2.24) is 0 Å². The Hall–Kier alpha value is -1.26. The molecular formula is C15H15Cl2NO2. The number of aromatic hydroxyl groups is 1. The number of aliphatic hydroxyl groups is 1. The van der Waals surface area contributed by atoms with Gasteiger partial charge in [0, 0.05) is 17.0 Å². The second-order valence-electron chi connectivity index (χ2n) is 4.61. The van der Waals surface area contributed by atoms with Gasteiger partial charge in [0.2, 0.25) is 0 Å². The maximum Gasteiger partial charge on any atom is 0.139 e. The largest absolute Gasteiger partial charge is 0.506 e. The van der Waals surface area contributed by atoms with E-state index in [0.29, 0.717) is 17.0 Å². The lowest BCUT2D eigenvalue weighted by Gasteiger charge is -2.21. The van der Waals surface area contributed by atoms with Crippen LogP contribution >= 0.6 is 23.2 Å². The minimum absolute atomic E-state index is 0.120. The molecule has 0 aliphatic heterocycles. The first-order chi connectivity index (χ1) is 9.49. The summed E-state index contributed by atoms with van der Waals surface area (Å²) < 4.78 is 0. The van der Waals surface area contributed by atoms with E-state index < -0.39 is 12.1 Å². The first-order valence-electron chi connectivity index (χ1n) is 6.14. The fourth-order valence-corrected chi connectivity index (χ4v) is 2.54. The maximum atomic E-state index is 10.2. The number of halogens is 2. The van der Waals surface area contributed by atoms with Gasteiger partial charge in [-0.25, -0.2) is 0 Å². The van der Waals surface area contributed by atoms with Gasteiger partial charge in [-0.2, -0.15) is 0 Å². The van der Waals surface area contributed by atoms with Crippen LogP contribution in [-0.2, 0) is 6.42 Å². The first kappa shape index (κ1) is 15.1. The van der Waals surface area contributed by atoms with E-state index in [1.807, 2.05) is 30.3 Å². The number of nitrogens with two attached hydrogens (primary N) is 1. The summed E-state index contributed by atoms with van der Waals surface area (Å²) in [7, 11) is 0. The summed E-state index contributed by atoms with van der Waals surface area (Å²) in [6, 6.07) is 11.7. The van der Waals surface area contributed by atoms with Crippen LogP contribution in [0.1, 0.15) is 17.2 Å². The normalized spacial score (nSPS) is 14.0. The predicted molar refractivity (Wildman–Crippen MR) is 81.2 cm³/mol. The van der Waals surface area contributed by atoms with Gasteiger partial charge in [0.25, 0.3) is 0 Å². The minimum atomic E-state index is -0.849. The van der Waals surface area contributed by atoms with Gasteiger partial charge in [0.15, 0.2) is 0 Å². The Morgan fingerprint density at radius 2 is 1.75 bits per heavy atom. The van der Waals surface area contributed by atoms with E-state index in [9.17, 15) is 10.2 Å². The molecule has 0 fully saturated rings. The third kappa shape index (κ3) is 3.44. The van der Waals surface area contributed by atoms with Crippen LogP contribution in [0.25, 0.3) is 0 Å². The fraction of sp³-hybridized carbons (Fsp3) is 0.200. The molecule has 2 rings (SSSR count). The molecule has 2 atom stereocenters. The van der Waals surface area contributed by atoms with Crippen LogP contribution in [0.3, 0.4) is 0 Å². The summed E-state index contributed by atoms with van der Waals surface area (Å²) >= 11 is 11.8. The van der Waals surface area contributed by atoms with E-state index in [0.717, 1.165) is 5.56 Å². The molecule has 0 spiro atoms. The summed E-state index contributed by atoms with van der Waals surface area (Å²) in [4.78, 5) is 0. The Morgan fingerprint density at radius 1 is 1.10 bits per heavy atom. The molecule has 0 amide bonds. The lowest BCUT2D eigenvalue weighted by atomic mass is 9.96. The molecule has 0 heterocycles. The quantitative estimate of drug-likeness (QED) is 0.811. The van der Waals surface area contributed by atoms with Crippen LogP contribution in [0.15, 0.2) is 42.5 Å². The smallest absolute Gasteiger partial charge is 0.139 e. The standard InChI is InChI=1S/C15H15Cl2NO2/c16-10-7-11(15(20)12(17)8-10)14(18)13(19)6-9-4-2-1-3-5-9/h1-5,7-8,13-14,19-20H,6,18H2/t13-,14+/m0/s1. The Balaban J connectivity index is 2.21. The maximum absolute atomic E-state index is 10.2. The Bertz CT molecular complexity index is 590. The van der Waals surface area contributed by atoms with Crippen molar-refractivity contribution in [2.45, 2.75) is 18.6 Å². The van der Waals surface area contributed by atoms with Gasteiger partial charge in [-0.05, 0) is 17.7 Å². The molecule has 0 aromatic heterocycles. The molecule has 0 bridgehead atoms. The molecule has 0 aliphatic rings. The highest BCUT2D eigenvalue weighted by molar-refractivity contribution is 6.35. The van der Waals surface area contributed by atoms with Crippen molar-refractivity contribution >= 4 is 23.2 Å². The number of phenolic OH excluding ortho intramolecular Hbond substituents is 1. The molecule has 106 valence electrons. The topological polar surface area (TPSA) is 66.5 Å². The van der Waals surface area contributed by atoms with Crippen LogP contribution in [0, 0.1) is 0 Å². The van der Waals surface area contributed by atoms with Gasteiger partial charge < -0.3 is 15.9 Å². The number of hydrogen-bond donors (Lipinski definition) is 3. The van der Waals surface area contributed by atoms with Gasteiger partial charge in [0.05, 0.1) is 17.2 Å². The van der Waals surface area contributed by atoms with E-state index in [-0.39, 0.29) is 10.8 Å². The Morgan fingerprint density at radius 3 is 2.40 bits per heavy atom. The van der Waals surface area contributed by atoms with Crippen molar-refractivity contribution in [3.8, 4) is 5.75 Å². The van der Waals surface area contributed by atoms with Crippen molar-refractivity contribution in [3.63, 3.8) is 0 Å². The van der Waals surface area contributed by atoms with Gasteiger partial charge in [-0.3, -0.25) is 0 Å². The number of rotatable bonds is 4. The third-order valence-corrected chi connectivity index (χ3v) is 3.63. The summed E-state index contributed by atoms with van der Waals surface area (Å²) in [5.74, 6) is -0.143. The number of benzene rings is 2. The van der Waals surface area contributed by atoms with Crippen LogP contribution in [0.5, 0.6) is 5.75 Å². The third-order valence-electron chi connectivity index (χ3n) is 3.12. The summed E-state index contributed by atoms with van der Waals surface area (Å²) in [6.07, 6.45) is -0.469. The molecular weight excluding hydrogens is 297 g/mol. The van der Waals surface area contributed by atoms with Crippen molar-refractivity contribution < 1.29 is 10.2 Å². The molecule has 2 aromatic carbocycles. The molecule has 20 heavy (non-hydrogen) atoms. The van der Waals surface area contributed by atoms with Gasteiger partial charge >= 0.3 is 0 Å². The first-order valence-corrected chi connectivity index (χ1v) is 6.90. The van der Waals surface area contributed by atoms with Crippen molar-refractivity contribution in [2.75, 3.05) is 0 Å². The molecule has 4 N–H and O–H groups in total. The molecule has 0 saturated heterocycles. The highest BCUT2D eigenvalue weighted by atomic mass is 35.5. The summed E-state index contributed by atoms with van der Waals surface area (Å²) in [5, 5.41) is 20.6.